The van der Waals surface area contributed by atoms with Crippen LogP contribution in [-0.2, 0) is 16.3 Å². The summed E-state index contributed by atoms with van der Waals surface area (Å²) in [6.07, 6.45) is 1.70. The van der Waals surface area contributed by atoms with E-state index in [1.165, 1.54) is 5.56 Å². The zero-order valence-electron chi connectivity index (χ0n) is 12.6. The van der Waals surface area contributed by atoms with E-state index in [0.717, 1.165) is 25.9 Å². The van der Waals surface area contributed by atoms with Crippen molar-refractivity contribution in [2.45, 2.75) is 38.4 Å². The van der Waals surface area contributed by atoms with Gasteiger partial charge in [0.15, 0.2) is 9.84 Å². The third kappa shape index (κ3) is 3.41. The molecule has 0 bridgehead atoms. The first kappa shape index (κ1) is 15.5. The molecule has 1 heterocycles. The van der Waals surface area contributed by atoms with Crippen molar-refractivity contribution >= 4 is 9.84 Å². The van der Waals surface area contributed by atoms with Crippen molar-refractivity contribution in [3.8, 4) is 0 Å². The molecule has 0 saturated carbocycles. The van der Waals surface area contributed by atoms with Crippen LogP contribution in [0.25, 0.3) is 0 Å². The summed E-state index contributed by atoms with van der Waals surface area (Å²) in [6, 6.07) is 10.3. The minimum Gasteiger partial charge on any atom is -0.316 e. The van der Waals surface area contributed by atoms with E-state index in [0.29, 0.717) is 0 Å². The van der Waals surface area contributed by atoms with Crippen LogP contribution < -0.4 is 5.32 Å². The lowest BCUT2D eigenvalue weighted by atomic mass is 9.74. The Morgan fingerprint density at radius 3 is 2.20 bits per heavy atom. The van der Waals surface area contributed by atoms with Gasteiger partial charge >= 0.3 is 0 Å². The van der Waals surface area contributed by atoms with Crippen molar-refractivity contribution in [1.29, 1.82) is 0 Å². The van der Waals surface area contributed by atoms with Crippen LogP contribution in [0.1, 0.15) is 32.8 Å². The molecule has 1 aliphatic heterocycles. The minimum absolute atomic E-state index is 0.111. The number of benzene rings is 1. The average Bonchev–Trinajstić information content (AvgIpc) is 2.32. The fourth-order valence-electron chi connectivity index (χ4n) is 2.55. The SMILES string of the molecule is CC(C)(C)S(=O)(=O)CCC1(Cc2ccccc2)CNC1. The molecule has 0 unspecified atom stereocenters. The van der Waals surface area contributed by atoms with Crippen LogP contribution in [0.3, 0.4) is 0 Å². The first-order valence-electron chi connectivity index (χ1n) is 7.21. The van der Waals surface area contributed by atoms with E-state index in [1.54, 1.807) is 20.8 Å². The lowest BCUT2D eigenvalue weighted by molar-refractivity contribution is 0.161. The Hall–Kier alpha value is -0.870. The van der Waals surface area contributed by atoms with E-state index >= 15 is 0 Å². The molecule has 0 aromatic heterocycles. The van der Waals surface area contributed by atoms with Crippen molar-refractivity contribution in [3.05, 3.63) is 35.9 Å². The Morgan fingerprint density at radius 1 is 1.15 bits per heavy atom. The Labute approximate surface area is 122 Å². The van der Waals surface area contributed by atoms with Gasteiger partial charge in [-0.2, -0.15) is 0 Å². The van der Waals surface area contributed by atoms with Gasteiger partial charge in [0.1, 0.15) is 0 Å². The third-order valence-corrected chi connectivity index (χ3v) is 6.86. The molecular formula is C16H25NO2S. The number of hydrogen-bond acceptors (Lipinski definition) is 3. The second-order valence-corrected chi connectivity index (χ2v) is 9.81. The lowest BCUT2D eigenvalue weighted by Gasteiger charge is -2.43. The maximum atomic E-state index is 12.3. The van der Waals surface area contributed by atoms with E-state index in [4.69, 9.17) is 0 Å². The van der Waals surface area contributed by atoms with Crippen molar-refractivity contribution in [2.24, 2.45) is 5.41 Å². The summed E-state index contributed by atoms with van der Waals surface area (Å²) in [7, 11) is -3.03. The second kappa shape index (κ2) is 5.49. The Balaban J connectivity index is 2.03. The van der Waals surface area contributed by atoms with Crippen LogP contribution in [0.4, 0.5) is 0 Å². The average molecular weight is 295 g/mol. The van der Waals surface area contributed by atoms with Gasteiger partial charge in [0, 0.05) is 18.5 Å². The molecule has 1 aromatic carbocycles. The topological polar surface area (TPSA) is 46.2 Å². The molecule has 1 fully saturated rings. The van der Waals surface area contributed by atoms with E-state index in [9.17, 15) is 8.42 Å². The largest absolute Gasteiger partial charge is 0.316 e. The van der Waals surface area contributed by atoms with Gasteiger partial charge in [0.05, 0.1) is 10.5 Å². The van der Waals surface area contributed by atoms with Crippen molar-refractivity contribution in [3.63, 3.8) is 0 Å². The van der Waals surface area contributed by atoms with Crippen LogP contribution in [0, 0.1) is 5.41 Å². The van der Waals surface area contributed by atoms with Gasteiger partial charge in [0.2, 0.25) is 0 Å². The highest BCUT2D eigenvalue weighted by molar-refractivity contribution is 7.92. The lowest BCUT2D eigenvalue weighted by Crippen LogP contribution is -2.55. The molecule has 1 saturated heterocycles. The van der Waals surface area contributed by atoms with Gasteiger partial charge in [-0.25, -0.2) is 8.42 Å². The summed E-state index contributed by atoms with van der Waals surface area (Å²) in [5.74, 6) is 0.283. The molecule has 3 nitrogen and oxygen atoms in total. The van der Waals surface area contributed by atoms with Crippen LogP contribution in [0.5, 0.6) is 0 Å². The summed E-state index contributed by atoms with van der Waals surface area (Å²) in [5.41, 5.74) is 1.40. The fraction of sp³-hybridized carbons (Fsp3) is 0.625. The summed E-state index contributed by atoms with van der Waals surface area (Å²) < 4.78 is 23.9. The molecule has 112 valence electrons. The van der Waals surface area contributed by atoms with Gasteiger partial charge in [-0.15, -0.1) is 0 Å². The molecule has 20 heavy (non-hydrogen) atoms. The van der Waals surface area contributed by atoms with E-state index in [1.807, 2.05) is 18.2 Å². The highest BCUT2D eigenvalue weighted by Crippen LogP contribution is 2.33. The van der Waals surface area contributed by atoms with Gasteiger partial charge in [0.25, 0.3) is 0 Å². The predicted molar refractivity (Wildman–Crippen MR) is 83.6 cm³/mol. The summed E-state index contributed by atoms with van der Waals surface area (Å²) in [5, 5.41) is 3.30. The Kier molecular flexibility index (Phi) is 4.26. The molecule has 0 amide bonds. The van der Waals surface area contributed by atoms with Gasteiger partial charge in [-0.3, -0.25) is 0 Å². The smallest absolute Gasteiger partial charge is 0.155 e. The first-order valence-corrected chi connectivity index (χ1v) is 8.86. The molecule has 0 radical (unpaired) electrons. The second-order valence-electron chi connectivity index (χ2n) is 6.95. The maximum Gasteiger partial charge on any atom is 0.155 e. The molecule has 0 spiro atoms. The molecule has 1 aliphatic rings. The van der Waals surface area contributed by atoms with E-state index in [2.05, 4.69) is 17.4 Å². The Morgan fingerprint density at radius 2 is 1.75 bits per heavy atom. The zero-order chi connectivity index (χ0) is 14.9. The molecule has 4 heteroatoms. The molecular weight excluding hydrogens is 270 g/mol. The van der Waals surface area contributed by atoms with Crippen LogP contribution in [0.15, 0.2) is 30.3 Å². The number of nitrogens with one attached hydrogen (secondary N) is 1. The van der Waals surface area contributed by atoms with Gasteiger partial charge in [-0.05, 0) is 39.2 Å². The van der Waals surface area contributed by atoms with Crippen LogP contribution in [-0.4, -0.2) is 32.0 Å². The molecule has 2 rings (SSSR count). The predicted octanol–water partition coefficient (Wildman–Crippen LogP) is 2.42. The Bertz CT molecular complexity index is 540. The number of rotatable bonds is 5. The van der Waals surface area contributed by atoms with E-state index < -0.39 is 14.6 Å². The zero-order valence-corrected chi connectivity index (χ0v) is 13.5. The quantitative estimate of drug-likeness (QED) is 0.907. The summed E-state index contributed by atoms with van der Waals surface area (Å²) in [4.78, 5) is 0. The summed E-state index contributed by atoms with van der Waals surface area (Å²) in [6.45, 7) is 7.19. The van der Waals surface area contributed by atoms with Crippen molar-refractivity contribution in [2.75, 3.05) is 18.8 Å². The molecule has 0 atom stereocenters. The third-order valence-electron chi connectivity index (χ3n) is 4.26. The number of hydrogen-bond donors (Lipinski definition) is 1. The van der Waals surface area contributed by atoms with Gasteiger partial charge in [-0.1, -0.05) is 30.3 Å². The number of sulfone groups is 1. The first-order chi connectivity index (χ1) is 9.24. The monoisotopic (exact) mass is 295 g/mol. The highest BCUT2D eigenvalue weighted by atomic mass is 32.2. The fourth-order valence-corrected chi connectivity index (χ4v) is 3.87. The van der Waals surface area contributed by atoms with E-state index in [-0.39, 0.29) is 11.2 Å². The van der Waals surface area contributed by atoms with Crippen LogP contribution >= 0.6 is 0 Å². The molecule has 1 aromatic rings. The van der Waals surface area contributed by atoms with Crippen molar-refractivity contribution in [1.82, 2.24) is 5.32 Å². The molecule has 0 aliphatic carbocycles. The normalized spacial score (nSPS) is 18.6. The maximum absolute atomic E-state index is 12.3. The van der Waals surface area contributed by atoms with Crippen molar-refractivity contribution < 1.29 is 8.42 Å². The van der Waals surface area contributed by atoms with Crippen LogP contribution in [0.2, 0.25) is 0 Å². The minimum atomic E-state index is -3.03. The van der Waals surface area contributed by atoms with Gasteiger partial charge < -0.3 is 5.32 Å². The molecule has 1 N–H and O–H groups in total. The summed E-state index contributed by atoms with van der Waals surface area (Å²) >= 11 is 0. The standard InChI is InChI=1S/C16H25NO2S/c1-15(2,3)20(18,19)10-9-16(12-17-13-16)11-14-7-5-4-6-8-14/h4-8,17H,9-13H2,1-3H3. The highest BCUT2D eigenvalue weighted by Gasteiger charge is 2.39.